The number of aliphatic hydroxyl groups is 1. The third-order valence-corrected chi connectivity index (χ3v) is 2.45. The van der Waals surface area contributed by atoms with Gasteiger partial charge in [0.15, 0.2) is 0 Å². The SMILES string of the molecule is NCc1nc2ccccc2c(=O)n1CCO. The predicted octanol–water partition coefficient (Wildman–Crippen LogP) is -0.153. The van der Waals surface area contributed by atoms with E-state index in [-0.39, 0.29) is 25.3 Å². The molecule has 1 aromatic carbocycles. The summed E-state index contributed by atoms with van der Waals surface area (Å²) in [6, 6.07) is 7.11. The first-order chi connectivity index (χ1) is 7.77. The van der Waals surface area contributed by atoms with Crippen molar-refractivity contribution in [1.82, 2.24) is 9.55 Å². The molecule has 0 aliphatic heterocycles. The summed E-state index contributed by atoms with van der Waals surface area (Å²) in [6.07, 6.45) is 0. The molecular weight excluding hydrogens is 206 g/mol. The van der Waals surface area contributed by atoms with Gasteiger partial charge in [-0.1, -0.05) is 12.1 Å². The van der Waals surface area contributed by atoms with Gasteiger partial charge >= 0.3 is 0 Å². The van der Waals surface area contributed by atoms with Crippen LogP contribution in [0, 0.1) is 0 Å². The van der Waals surface area contributed by atoms with Gasteiger partial charge in [0.05, 0.1) is 30.6 Å². The molecule has 16 heavy (non-hydrogen) atoms. The van der Waals surface area contributed by atoms with Crippen molar-refractivity contribution in [3.63, 3.8) is 0 Å². The van der Waals surface area contributed by atoms with Crippen molar-refractivity contribution in [3.8, 4) is 0 Å². The molecule has 3 N–H and O–H groups in total. The number of rotatable bonds is 3. The molecule has 0 aliphatic carbocycles. The van der Waals surface area contributed by atoms with E-state index in [0.29, 0.717) is 16.7 Å². The van der Waals surface area contributed by atoms with Crippen LogP contribution in [0.15, 0.2) is 29.1 Å². The highest BCUT2D eigenvalue weighted by Crippen LogP contribution is 2.07. The number of fused-ring (bicyclic) bond motifs is 1. The second-order valence-electron chi connectivity index (χ2n) is 3.43. The smallest absolute Gasteiger partial charge is 0.261 e. The Hall–Kier alpha value is -1.72. The van der Waals surface area contributed by atoms with Gasteiger partial charge in [-0.25, -0.2) is 4.98 Å². The van der Waals surface area contributed by atoms with Gasteiger partial charge in [-0.15, -0.1) is 0 Å². The van der Waals surface area contributed by atoms with Crippen LogP contribution in [-0.2, 0) is 13.1 Å². The number of hydrogen-bond donors (Lipinski definition) is 2. The van der Waals surface area contributed by atoms with E-state index in [1.54, 1.807) is 18.2 Å². The van der Waals surface area contributed by atoms with E-state index in [1.165, 1.54) is 4.57 Å². The fraction of sp³-hybridized carbons (Fsp3) is 0.273. The van der Waals surface area contributed by atoms with Crippen molar-refractivity contribution in [2.75, 3.05) is 6.61 Å². The average Bonchev–Trinajstić information content (AvgIpc) is 2.33. The summed E-state index contributed by atoms with van der Waals surface area (Å²) in [6.45, 7) is 0.302. The normalized spacial score (nSPS) is 10.9. The highest BCUT2D eigenvalue weighted by Gasteiger charge is 2.08. The van der Waals surface area contributed by atoms with Crippen molar-refractivity contribution in [2.45, 2.75) is 13.1 Å². The summed E-state index contributed by atoms with van der Waals surface area (Å²) in [5, 5.41) is 9.46. The number of para-hydroxylation sites is 1. The summed E-state index contributed by atoms with van der Waals surface area (Å²) in [4.78, 5) is 16.4. The fourth-order valence-corrected chi connectivity index (χ4v) is 1.70. The van der Waals surface area contributed by atoms with Gasteiger partial charge in [0.1, 0.15) is 5.82 Å². The van der Waals surface area contributed by atoms with E-state index in [4.69, 9.17) is 10.8 Å². The molecule has 1 heterocycles. The van der Waals surface area contributed by atoms with E-state index in [1.807, 2.05) is 6.07 Å². The zero-order chi connectivity index (χ0) is 11.5. The summed E-state index contributed by atoms with van der Waals surface area (Å²) < 4.78 is 1.42. The van der Waals surface area contributed by atoms with Crippen molar-refractivity contribution in [3.05, 3.63) is 40.4 Å². The van der Waals surface area contributed by atoms with E-state index < -0.39 is 0 Å². The Morgan fingerprint density at radius 1 is 1.38 bits per heavy atom. The van der Waals surface area contributed by atoms with Gasteiger partial charge in [0.2, 0.25) is 0 Å². The van der Waals surface area contributed by atoms with Crippen molar-refractivity contribution in [2.24, 2.45) is 5.73 Å². The van der Waals surface area contributed by atoms with Crippen LogP contribution >= 0.6 is 0 Å². The molecule has 0 fully saturated rings. The van der Waals surface area contributed by atoms with Gasteiger partial charge in [-0.2, -0.15) is 0 Å². The fourth-order valence-electron chi connectivity index (χ4n) is 1.70. The van der Waals surface area contributed by atoms with Gasteiger partial charge in [0.25, 0.3) is 5.56 Å². The lowest BCUT2D eigenvalue weighted by molar-refractivity contribution is 0.271. The molecule has 84 valence electrons. The molecule has 0 amide bonds. The van der Waals surface area contributed by atoms with Gasteiger partial charge in [-0.05, 0) is 12.1 Å². The molecular formula is C11H13N3O2. The molecule has 0 saturated heterocycles. The minimum Gasteiger partial charge on any atom is -0.395 e. The topological polar surface area (TPSA) is 81.1 Å². The Bertz CT molecular complexity index is 563. The zero-order valence-corrected chi connectivity index (χ0v) is 8.76. The maximum atomic E-state index is 12.1. The molecule has 0 bridgehead atoms. The van der Waals surface area contributed by atoms with Crippen LogP contribution in [0.1, 0.15) is 5.82 Å². The number of hydrogen-bond acceptors (Lipinski definition) is 4. The zero-order valence-electron chi connectivity index (χ0n) is 8.76. The largest absolute Gasteiger partial charge is 0.395 e. The lowest BCUT2D eigenvalue weighted by Crippen LogP contribution is -2.28. The molecule has 0 saturated carbocycles. The molecule has 0 atom stereocenters. The lowest BCUT2D eigenvalue weighted by atomic mass is 10.2. The second-order valence-corrected chi connectivity index (χ2v) is 3.43. The Morgan fingerprint density at radius 2 is 2.12 bits per heavy atom. The van der Waals surface area contributed by atoms with E-state index in [2.05, 4.69) is 4.98 Å². The number of benzene rings is 1. The summed E-state index contributed by atoms with van der Waals surface area (Å²) in [5.74, 6) is 0.498. The lowest BCUT2D eigenvalue weighted by Gasteiger charge is -2.10. The second kappa shape index (κ2) is 4.42. The van der Waals surface area contributed by atoms with Crippen LogP contribution in [0.5, 0.6) is 0 Å². The maximum absolute atomic E-state index is 12.1. The highest BCUT2D eigenvalue weighted by atomic mass is 16.3. The molecule has 0 radical (unpaired) electrons. The Morgan fingerprint density at radius 3 is 2.81 bits per heavy atom. The van der Waals surface area contributed by atoms with Gasteiger partial charge < -0.3 is 10.8 Å². The molecule has 1 aromatic heterocycles. The Labute approximate surface area is 92.2 Å². The van der Waals surface area contributed by atoms with Crippen molar-refractivity contribution in [1.29, 1.82) is 0 Å². The maximum Gasteiger partial charge on any atom is 0.261 e. The summed E-state index contributed by atoms with van der Waals surface area (Å²) in [5.41, 5.74) is 6.03. The van der Waals surface area contributed by atoms with Crippen molar-refractivity contribution < 1.29 is 5.11 Å². The quantitative estimate of drug-likeness (QED) is 0.752. The summed E-state index contributed by atoms with van der Waals surface area (Å²) in [7, 11) is 0. The van der Waals surface area contributed by atoms with Gasteiger partial charge in [-0.3, -0.25) is 9.36 Å². The standard InChI is InChI=1S/C11H13N3O2/c12-7-10-13-9-4-2-1-3-8(9)11(16)14(10)5-6-15/h1-4,15H,5-7,12H2. The monoisotopic (exact) mass is 219 g/mol. The number of nitrogens with zero attached hydrogens (tertiary/aromatic N) is 2. The third-order valence-electron chi connectivity index (χ3n) is 2.45. The molecule has 5 nitrogen and oxygen atoms in total. The van der Waals surface area contributed by atoms with Crippen molar-refractivity contribution >= 4 is 10.9 Å². The van der Waals surface area contributed by atoms with E-state index in [0.717, 1.165) is 0 Å². The highest BCUT2D eigenvalue weighted by molar-refractivity contribution is 5.77. The molecule has 0 spiro atoms. The molecule has 2 aromatic rings. The van der Waals surface area contributed by atoms with Crippen LogP contribution in [0.2, 0.25) is 0 Å². The molecule has 5 heteroatoms. The van der Waals surface area contributed by atoms with Gasteiger partial charge in [0, 0.05) is 0 Å². The minimum absolute atomic E-state index is 0.104. The Kier molecular flexibility index (Phi) is 2.98. The number of aliphatic hydroxyl groups excluding tert-OH is 1. The molecule has 2 rings (SSSR count). The summed E-state index contributed by atoms with van der Waals surface area (Å²) >= 11 is 0. The molecule has 0 aliphatic rings. The van der Waals surface area contributed by atoms with Crippen LogP contribution in [0.3, 0.4) is 0 Å². The van der Waals surface area contributed by atoms with Crippen LogP contribution < -0.4 is 11.3 Å². The van der Waals surface area contributed by atoms with E-state index in [9.17, 15) is 4.79 Å². The third kappa shape index (κ3) is 1.70. The van der Waals surface area contributed by atoms with E-state index >= 15 is 0 Å². The first kappa shape index (κ1) is 10.8. The predicted molar refractivity (Wildman–Crippen MR) is 61.0 cm³/mol. The van der Waals surface area contributed by atoms with Crippen LogP contribution in [0.25, 0.3) is 10.9 Å². The number of nitrogens with two attached hydrogens (primary N) is 1. The Balaban J connectivity index is 2.77. The average molecular weight is 219 g/mol. The van der Waals surface area contributed by atoms with Crippen LogP contribution in [0.4, 0.5) is 0 Å². The number of aromatic nitrogens is 2. The minimum atomic E-state index is -0.153. The molecule has 0 unspecified atom stereocenters. The first-order valence-electron chi connectivity index (χ1n) is 5.07. The van der Waals surface area contributed by atoms with Crippen LogP contribution in [-0.4, -0.2) is 21.3 Å². The first-order valence-corrected chi connectivity index (χ1v) is 5.07.